The van der Waals surface area contributed by atoms with E-state index >= 15 is 0 Å². The molecule has 32 heavy (non-hydrogen) atoms. The highest BCUT2D eigenvalue weighted by Gasteiger charge is 2.40. The minimum Gasteiger partial charge on any atom is -0.369 e. The Bertz CT molecular complexity index is 1100. The van der Waals surface area contributed by atoms with Gasteiger partial charge in [0, 0.05) is 62.3 Å². The van der Waals surface area contributed by atoms with E-state index in [-0.39, 0.29) is 5.54 Å². The Morgan fingerprint density at radius 1 is 1.25 bits per heavy atom. The molecule has 0 amide bonds. The summed E-state index contributed by atoms with van der Waals surface area (Å²) < 4.78 is 8.29. The Balaban J connectivity index is 1.50. The molecule has 2 fully saturated rings. The number of nitrogens with zero attached hydrogens (tertiary/aromatic N) is 4. The van der Waals surface area contributed by atoms with Crippen LogP contribution in [-0.4, -0.2) is 54.4 Å². The van der Waals surface area contributed by atoms with Gasteiger partial charge in [0.1, 0.15) is 17.4 Å². The Morgan fingerprint density at radius 3 is 2.84 bits per heavy atom. The first kappa shape index (κ1) is 22.1. The molecule has 172 valence electrons. The van der Waals surface area contributed by atoms with Crippen LogP contribution in [0.15, 0.2) is 24.7 Å². The van der Waals surface area contributed by atoms with E-state index in [1.807, 2.05) is 12.4 Å². The Hall–Kier alpha value is -1.74. The zero-order valence-corrected chi connectivity index (χ0v) is 21.6. The van der Waals surface area contributed by atoms with Gasteiger partial charge in [-0.3, -0.25) is 0 Å². The SMILES string of the molecule is Cc1cnc(-c2cn(COCC[Si](C)(C)C)c3nccc(N4CCC5(CCCN5)C4)c23)s1. The predicted octanol–water partition coefficient (Wildman–Crippen LogP) is 5.11. The molecule has 1 atom stereocenters. The van der Waals surface area contributed by atoms with Crippen LogP contribution < -0.4 is 10.2 Å². The third-order valence-corrected chi connectivity index (χ3v) is 9.49. The molecule has 0 radical (unpaired) electrons. The molecule has 2 saturated heterocycles. The number of fused-ring (bicyclic) bond motifs is 1. The molecule has 1 unspecified atom stereocenters. The van der Waals surface area contributed by atoms with E-state index in [1.54, 1.807) is 11.3 Å². The van der Waals surface area contributed by atoms with Gasteiger partial charge in [-0.2, -0.15) is 0 Å². The lowest BCUT2D eigenvalue weighted by Gasteiger charge is -2.26. The number of aromatic nitrogens is 3. The largest absolute Gasteiger partial charge is 0.369 e. The highest BCUT2D eigenvalue weighted by molar-refractivity contribution is 7.15. The van der Waals surface area contributed by atoms with Crippen molar-refractivity contribution in [3.63, 3.8) is 0 Å². The van der Waals surface area contributed by atoms with Crippen LogP contribution in [0.25, 0.3) is 21.6 Å². The maximum atomic E-state index is 6.12. The zero-order chi connectivity index (χ0) is 22.3. The Labute approximate surface area is 196 Å². The maximum absolute atomic E-state index is 6.12. The zero-order valence-electron chi connectivity index (χ0n) is 19.8. The minimum atomic E-state index is -1.11. The molecule has 3 aromatic heterocycles. The van der Waals surface area contributed by atoms with Crippen LogP contribution in [0.3, 0.4) is 0 Å². The van der Waals surface area contributed by atoms with Gasteiger partial charge in [0.15, 0.2) is 0 Å². The van der Waals surface area contributed by atoms with Gasteiger partial charge in [-0.05, 0) is 44.8 Å². The fourth-order valence-corrected chi connectivity index (χ4v) is 6.58. The van der Waals surface area contributed by atoms with Crippen molar-refractivity contribution in [1.29, 1.82) is 0 Å². The molecule has 0 bridgehead atoms. The molecule has 0 aromatic carbocycles. The average Bonchev–Trinajstić information content (AvgIpc) is 3.53. The minimum absolute atomic E-state index is 0.288. The smallest absolute Gasteiger partial charge is 0.144 e. The first-order valence-corrected chi connectivity index (χ1v) is 16.3. The molecule has 1 spiro atoms. The number of anilines is 1. The summed E-state index contributed by atoms with van der Waals surface area (Å²) in [6.45, 7) is 13.9. The van der Waals surface area contributed by atoms with Crippen LogP contribution in [0.4, 0.5) is 5.69 Å². The van der Waals surface area contributed by atoms with Crippen molar-refractivity contribution in [1.82, 2.24) is 19.9 Å². The fourth-order valence-electron chi connectivity index (χ4n) is 5.04. The lowest BCUT2D eigenvalue weighted by molar-refractivity contribution is 0.0899. The van der Waals surface area contributed by atoms with E-state index in [1.165, 1.54) is 46.8 Å². The number of nitrogens with one attached hydrogen (secondary N) is 1. The molecule has 2 aliphatic heterocycles. The second kappa shape index (κ2) is 8.55. The van der Waals surface area contributed by atoms with Gasteiger partial charge in [-0.15, -0.1) is 11.3 Å². The van der Waals surface area contributed by atoms with Crippen LogP contribution in [0.5, 0.6) is 0 Å². The number of hydrogen-bond donors (Lipinski definition) is 1. The van der Waals surface area contributed by atoms with Gasteiger partial charge in [0.25, 0.3) is 0 Å². The van der Waals surface area contributed by atoms with Crippen molar-refractivity contribution < 1.29 is 4.74 Å². The molecule has 8 heteroatoms. The lowest BCUT2D eigenvalue weighted by Crippen LogP contribution is -2.42. The summed E-state index contributed by atoms with van der Waals surface area (Å²) in [5.41, 5.74) is 3.74. The monoisotopic (exact) mass is 469 g/mol. The molecule has 6 nitrogen and oxygen atoms in total. The highest BCUT2D eigenvalue weighted by atomic mass is 32.1. The topological polar surface area (TPSA) is 55.2 Å². The van der Waals surface area contributed by atoms with Crippen LogP contribution in [-0.2, 0) is 11.5 Å². The standard InChI is InChI=1S/C24H35N5OSSi/c1-18-14-26-23(31-18)19-15-29(17-30-12-13-32(2,3)4)22-21(19)20(6-10-25-22)28-11-8-24(16-28)7-5-9-27-24/h6,10,14-15,27H,5,7-9,11-13,16-17H2,1-4H3. The van der Waals surface area contributed by atoms with Gasteiger partial charge >= 0.3 is 0 Å². The molecule has 5 heterocycles. The van der Waals surface area contributed by atoms with E-state index in [0.29, 0.717) is 6.73 Å². The van der Waals surface area contributed by atoms with Crippen molar-refractivity contribution >= 4 is 36.1 Å². The molecule has 1 N–H and O–H groups in total. The lowest BCUT2D eigenvalue weighted by atomic mass is 9.97. The third-order valence-electron chi connectivity index (χ3n) is 6.84. The van der Waals surface area contributed by atoms with E-state index in [4.69, 9.17) is 14.7 Å². The molecule has 0 saturated carbocycles. The van der Waals surface area contributed by atoms with Crippen molar-refractivity contribution in [3.8, 4) is 10.6 Å². The van der Waals surface area contributed by atoms with Crippen LogP contribution in [0.1, 0.15) is 24.1 Å². The number of hydrogen-bond acceptors (Lipinski definition) is 6. The maximum Gasteiger partial charge on any atom is 0.144 e. The number of thiazole rings is 1. The molecule has 3 aromatic rings. The summed E-state index contributed by atoms with van der Waals surface area (Å²) in [5.74, 6) is 0. The molecule has 2 aliphatic rings. The van der Waals surface area contributed by atoms with Crippen molar-refractivity contribution in [2.24, 2.45) is 0 Å². The molecular formula is C24H35N5OSSi. The van der Waals surface area contributed by atoms with Crippen molar-refractivity contribution in [2.75, 3.05) is 31.1 Å². The van der Waals surface area contributed by atoms with Crippen LogP contribution >= 0.6 is 11.3 Å². The predicted molar refractivity (Wildman–Crippen MR) is 136 cm³/mol. The fraction of sp³-hybridized carbons (Fsp3) is 0.583. The van der Waals surface area contributed by atoms with Gasteiger partial charge in [0.05, 0.1) is 11.1 Å². The van der Waals surface area contributed by atoms with E-state index in [0.717, 1.165) is 36.9 Å². The van der Waals surface area contributed by atoms with E-state index < -0.39 is 8.07 Å². The summed E-state index contributed by atoms with van der Waals surface area (Å²) >= 11 is 1.75. The summed E-state index contributed by atoms with van der Waals surface area (Å²) in [4.78, 5) is 13.3. The molecule has 5 rings (SSSR count). The summed E-state index contributed by atoms with van der Waals surface area (Å²) in [5, 5.41) is 6.07. The van der Waals surface area contributed by atoms with Crippen LogP contribution in [0, 0.1) is 6.92 Å². The number of pyridine rings is 1. The van der Waals surface area contributed by atoms with Crippen molar-refractivity contribution in [2.45, 2.75) is 64.1 Å². The van der Waals surface area contributed by atoms with Gasteiger partial charge in [-0.25, -0.2) is 9.97 Å². The molecular weight excluding hydrogens is 434 g/mol. The van der Waals surface area contributed by atoms with Gasteiger partial charge in [-0.1, -0.05) is 19.6 Å². The van der Waals surface area contributed by atoms with Crippen molar-refractivity contribution in [3.05, 3.63) is 29.5 Å². The van der Waals surface area contributed by atoms with Gasteiger partial charge in [0.2, 0.25) is 0 Å². The third kappa shape index (κ3) is 4.38. The normalized spacial score (nSPS) is 21.4. The number of ether oxygens (including phenoxy) is 1. The second-order valence-electron chi connectivity index (χ2n) is 10.6. The quantitative estimate of drug-likeness (QED) is 0.385. The highest BCUT2D eigenvalue weighted by Crippen LogP contribution is 2.41. The average molecular weight is 470 g/mol. The summed E-state index contributed by atoms with van der Waals surface area (Å²) in [6, 6.07) is 3.36. The summed E-state index contributed by atoms with van der Waals surface area (Å²) in [7, 11) is -1.11. The first-order valence-electron chi connectivity index (χ1n) is 11.8. The Morgan fingerprint density at radius 2 is 2.12 bits per heavy atom. The first-order chi connectivity index (χ1) is 15.3. The number of aryl methyl sites for hydroxylation is 1. The van der Waals surface area contributed by atoms with Gasteiger partial charge < -0.3 is 19.5 Å². The van der Waals surface area contributed by atoms with E-state index in [2.05, 4.69) is 53.6 Å². The second-order valence-corrected chi connectivity index (χ2v) is 17.5. The summed E-state index contributed by atoms with van der Waals surface area (Å²) in [6.07, 6.45) is 9.91. The Kier molecular flexibility index (Phi) is 5.90. The molecule has 0 aliphatic carbocycles. The van der Waals surface area contributed by atoms with Crippen LogP contribution in [0.2, 0.25) is 25.7 Å². The number of rotatable bonds is 7. The van der Waals surface area contributed by atoms with E-state index in [9.17, 15) is 0 Å².